The first-order valence-electron chi connectivity index (χ1n) is 14.7. The molecule has 0 aliphatic carbocycles. The molecule has 0 spiro atoms. The second-order valence-corrected chi connectivity index (χ2v) is 10.4. The van der Waals surface area contributed by atoms with E-state index in [4.69, 9.17) is 5.11 Å². The van der Waals surface area contributed by atoms with E-state index in [1.807, 2.05) is 0 Å². The number of carboxylic acids is 2. The number of nitrogens with one attached hydrogen (secondary N) is 2. The molecule has 0 radical (unpaired) electrons. The van der Waals surface area contributed by atoms with E-state index in [1.54, 1.807) is 0 Å². The first-order chi connectivity index (χ1) is 19.2. The molecule has 1 atom stereocenters. The van der Waals surface area contributed by atoms with Crippen molar-refractivity contribution in [1.29, 1.82) is 0 Å². The number of nitrogens with zero attached hydrogens (tertiary/aromatic N) is 1. The molecule has 4 amide bonds. The van der Waals surface area contributed by atoms with E-state index in [0.29, 0.717) is 6.42 Å². The predicted molar refractivity (Wildman–Crippen MR) is 149 cm³/mol. The van der Waals surface area contributed by atoms with Crippen LogP contribution in [0.15, 0.2) is 12.2 Å². The van der Waals surface area contributed by atoms with Crippen LogP contribution >= 0.6 is 0 Å². The summed E-state index contributed by atoms with van der Waals surface area (Å²) in [4.78, 5) is 70.1. The van der Waals surface area contributed by atoms with Crippen molar-refractivity contribution in [1.82, 2.24) is 15.5 Å². The number of rotatable bonds is 25. The summed E-state index contributed by atoms with van der Waals surface area (Å²) in [6.45, 7) is 0.107. The van der Waals surface area contributed by atoms with Crippen LogP contribution in [0.3, 0.4) is 0 Å². The molecule has 1 heterocycles. The normalized spacial score (nSPS) is 13.4. The molecule has 0 saturated heterocycles. The fourth-order valence-electron chi connectivity index (χ4n) is 4.53. The predicted octanol–water partition coefficient (Wildman–Crippen LogP) is 3.70. The average Bonchev–Trinajstić information content (AvgIpc) is 3.22. The number of hydrogen-bond acceptors (Lipinski definition) is 6. The lowest BCUT2D eigenvalue weighted by atomic mass is 10.0. The van der Waals surface area contributed by atoms with Gasteiger partial charge in [0.25, 0.3) is 11.8 Å². The van der Waals surface area contributed by atoms with Crippen LogP contribution < -0.4 is 10.6 Å². The Kier molecular flexibility index (Phi) is 18.8. The van der Waals surface area contributed by atoms with Gasteiger partial charge in [-0.05, 0) is 19.3 Å². The van der Waals surface area contributed by atoms with Crippen LogP contribution in [0.25, 0.3) is 0 Å². The quantitative estimate of drug-likeness (QED) is 0.0959. The first kappa shape index (κ1) is 34.8. The van der Waals surface area contributed by atoms with Crippen LogP contribution in [-0.4, -0.2) is 69.8 Å². The zero-order chi connectivity index (χ0) is 29.6. The van der Waals surface area contributed by atoms with Crippen LogP contribution in [0.2, 0.25) is 0 Å². The van der Waals surface area contributed by atoms with Crippen molar-refractivity contribution in [3.63, 3.8) is 0 Å². The Labute approximate surface area is 237 Å². The van der Waals surface area contributed by atoms with Crippen LogP contribution in [0, 0.1) is 0 Å². The highest BCUT2D eigenvalue weighted by Gasteiger charge is 2.23. The monoisotopic (exact) mass is 565 g/mol. The fourth-order valence-corrected chi connectivity index (χ4v) is 4.53. The van der Waals surface area contributed by atoms with Gasteiger partial charge in [0.2, 0.25) is 11.8 Å². The molecular formula is C29H47N3O8. The van der Waals surface area contributed by atoms with Crippen molar-refractivity contribution in [2.75, 3.05) is 13.1 Å². The summed E-state index contributed by atoms with van der Waals surface area (Å²) in [6, 6.07) is -1.15. The zero-order valence-corrected chi connectivity index (χ0v) is 23.7. The molecule has 40 heavy (non-hydrogen) atoms. The van der Waals surface area contributed by atoms with Crippen LogP contribution in [0.4, 0.5) is 0 Å². The molecule has 0 saturated carbocycles. The number of carbonyl (C=O) groups is 6. The lowest BCUT2D eigenvalue weighted by molar-refractivity contribution is -0.142. The van der Waals surface area contributed by atoms with E-state index in [0.717, 1.165) is 55.6 Å². The van der Waals surface area contributed by atoms with E-state index < -0.39 is 35.7 Å². The van der Waals surface area contributed by atoms with Crippen LogP contribution in [0.5, 0.6) is 0 Å². The number of unbranched alkanes of at least 4 members (excludes halogenated alkanes) is 13. The Morgan fingerprint density at radius 1 is 0.650 bits per heavy atom. The Balaban J connectivity index is 1.99. The third kappa shape index (κ3) is 17.4. The van der Waals surface area contributed by atoms with Crippen molar-refractivity contribution in [2.24, 2.45) is 0 Å². The molecule has 11 heteroatoms. The van der Waals surface area contributed by atoms with Crippen molar-refractivity contribution in [2.45, 2.75) is 122 Å². The van der Waals surface area contributed by atoms with Gasteiger partial charge in [-0.15, -0.1) is 0 Å². The molecular weight excluding hydrogens is 518 g/mol. The molecule has 1 aliphatic rings. The Morgan fingerprint density at radius 3 is 1.55 bits per heavy atom. The van der Waals surface area contributed by atoms with Gasteiger partial charge >= 0.3 is 11.9 Å². The SMILES string of the molecule is O=C(O)CCCCCCCCCCCCCCCCC(=O)NC(CCC(=O)NCCN1C(=O)C=CC1=O)C(=O)O. The molecule has 0 aromatic heterocycles. The van der Waals surface area contributed by atoms with Gasteiger partial charge in [-0.2, -0.15) is 0 Å². The third-order valence-electron chi connectivity index (χ3n) is 6.90. The van der Waals surface area contributed by atoms with E-state index in [1.165, 1.54) is 44.9 Å². The summed E-state index contributed by atoms with van der Waals surface area (Å²) in [5.74, 6) is -3.54. The van der Waals surface area contributed by atoms with Gasteiger partial charge in [-0.1, -0.05) is 77.0 Å². The lowest BCUT2D eigenvalue weighted by Crippen LogP contribution is -2.42. The van der Waals surface area contributed by atoms with Gasteiger partial charge in [0, 0.05) is 44.5 Å². The summed E-state index contributed by atoms with van der Waals surface area (Å²) < 4.78 is 0. The minimum Gasteiger partial charge on any atom is -0.481 e. The van der Waals surface area contributed by atoms with Crippen LogP contribution in [0.1, 0.15) is 116 Å². The topological polar surface area (TPSA) is 170 Å². The van der Waals surface area contributed by atoms with Crippen molar-refractivity contribution < 1.29 is 39.0 Å². The highest BCUT2D eigenvalue weighted by atomic mass is 16.4. The summed E-state index contributed by atoms with van der Waals surface area (Å²) >= 11 is 0. The molecule has 0 fully saturated rings. The largest absolute Gasteiger partial charge is 0.481 e. The lowest BCUT2D eigenvalue weighted by Gasteiger charge is -2.16. The van der Waals surface area contributed by atoms with Crippen LogP contribution in [-0.2, 0) is 28.8 Å². The second kappa shape index (κ2) is 21.6. The maximum atomic E-state index is 12.2. The standard InChI is InChI=1S/C29H47N3O8/c33-24(30-21-22-32-26(35)19-20-27(32)36)18-17-23(29(39)40)31-25(34)15-13-11-9-7-5-3-1-2-4-6-8-10-12-14-16-28(37)38/h19-20,23H,1-18,21-22H2,(H,30,33)(H,31,34)(H,37,38)(H,39,40). The number of amides is 4. The Hall–Kier alpha value is -3.24. The number of imide groups is 1. The third-order valence-corrected chi connectivity index (χ3v) is 6.90. The number of aliphatic carboxylic acids is 2. The van der Waals surface area contributed by atoms with Gasteiger partial charge in [0.1, 0.15) is 6.04 Å². The zero-order valence-electron chi connectivity index (χ0n) is 23.7. The fraction of sp³-hybridized carbons (Fsp3) is 0.724. The molecule has 1 rings (SSSR count). The van der Waals surface area contributed by atoms with Crippen molar-refractivity contribution in [3.05, 3.63) is 12.2 Å². The summed E-state index contributed by atoms with van der Waals surface area (Å²) in [6.07, 6.45) is 17.8. The minimum absolute atomic E-state index is 0.0371. The molecule has 0 bridgehead atoms. The number of hydrogen-bond donors (Lipinski definition) is 4. The highest BCUT2D eigenvalue weighted by Crippen LogP contribution is 2.14. The maximum absolute atomic E-state index is 12.2. The van der Waals surface area contributed by atoms with Gasteiger partial charge in [0.05, 0.1) is 0 Å². The van der Waals surface area contributed by atoms with Gasteiger partial charge < -0.3 is 20.8 Å². The maximum Gasteiger partial charge on any atom is 0.326 e. The van der Waals surface area contributed by atoms with E-state index in [9.17, 15) is 33.9 Å². The van der Waals surface area contributed by atoms with Crippen molar-refractivity contribution >= 4 is 35.6 Å². The average molecular weight is 566 g/mol. The molecule has 11 nitrogen and oxygen atoms in total. The molecule has 0 aromatic carbocycles. The minimum atomic E-state index is -1.20. The molecule has 4 N–H and O–H groups in total. The van der Waals surface area contributed by atoms with E-state index in [-0.39, 0.29) is 44.7 Å². The number of carboxylic acid groups (broad SMARTS) is 2. The highest BCUT2D eigenvalue weighted by molar-refractivity contribution is 6.12. The van der Waals surface area contributed by atoms with Gasteiger partial charge in [-0.3, -0.25) is 28.9 Å². The molecule has 1 aliphatic heterocycles. The summed E-state index contributed by atoms with van der Waals surface area (Å²) in [5, 5.41) is 23.0. The van der Waals surface area contributed by atoms with Gasteiger partial charge in [0.15, 0.2) is 0 Å². The smallest absolute Gasteiger partial charge is 0.326 e. The second-order valence-electron chi connectivity index (χ2n) is 10.4. The summed E-state index contributed by atoms with van der Waals surface area (Å²) in [5.41, 5.74) is 0. The molecule has 1 unspecified atom stereocenters. The summed E-state index contributed by atoms with van der Waals surface area (Å²) in [7, 11) is 0. The van der Waals surface area contributed by atoms with Crippen molar-refractivity contribution in [3.8, 4) is 0 Å². The molecule has 0 aromatic rings. The molecule has 226 valence electrons. The van der Waals surface area contributed by atoms with Gasteiger partial charge in [-0.25, -0.2) is 4.79 Å². The van der Waals surface area contributed by atoms with E-state index >= 15 is 0 Å². The Morgan fingerprint density at radius 2 is 1.10 bits per heavy atom. The Bertz CT molecular complexity index is 840. The first-order valence-corrected chi connectivity index (χ1v) is 14.7. The van der Waals surface area contributed by atoms with E-state index in [2.05, 4.69) is 10.6 Å². The number of carbonyl (C=O) groups excluding carboxylic acids is 4.